The van der Waals surface area contributed by atoms with Crippen molar-refractivity contribution in [3.05, 3.63) is 48.0 Å². The van der Waals surface area contributed by atoms with Crippen LogP contribution in [0.5, 0.6) is 17.2 Å². The molecule has 2 aromatic carbocycles. The number of unbranched alkanes of at least 4 members (excludes halogenated alkanes) is 3. The van der Waals surface area contributed by atoms with Gasteiger partial charge >= 0.3 is 29.6 Å². The zero-order chi connectivity index (χ0) is 17.6. The Morgan fingerprint density at radius 3 is 2.32 bits per heavy atom. The molecule has 7 heteroatoms. The van der Waals surface area contributed by atoms with E-state index in [9.17, 15) is 13.5 Å². The number of benzene rings is 2. The summed E-state index contributed by atoms with van der Waals surface area (Å²) in [5.74, 6) is 0.833. The Labute approximate surface area is 171 Å². The minimum atomic E-state index is -4.23. The van der Waals surface area contributed by atoms with Crippen molar-refractivity contribution in [3.8, 4) is 17.2 Å². The summed E-state index contributed by atoms with van der Waals surface area (Å²) < 4.78 is 36.8. The molecule has 2 aromatic rings. The van der Waals surface area contributed by atoms with E-state index in [1.165, 1.54) is 30.3 Å². The first-order chi connectivity index (χ1) is 11.4. The van der Waals surface area contributed by atoms with Gasteiger partial charge in [0.1, 0.15) is 11.5 Å². The Morgan fingerprint density at radius 2 is 1.72 bits per heavy atom. The largest absolute Gasteiger partial charge is 1.00 e. The smallest absolute Gasteiger partial charge is 0.872 e. The number of hydrogen-bond acceptors (Lipinski definition) is 4. The van der Waals surface area contributed by atoms with Gasteiger partial charge in [0.25, 0.3) is 10.1 Å². The molecular formula is C18H21NaO5S. The zero-order valence-corrected chi connectivity index (χ0v) is 17.4. The van der Waals surface area contributed by atoms with Crippen molar-refractivity contribution in [1.82, 2.24) is 0 Å². The van der Waals surface area contributed by atoms with Crippen LogP contribution in [0, 0.1) is 0 Å². The van der Waals surface area contributed by atoms with Gasteiger partial charge in [-0.05, 0) is 48.7 Å². The molecule has 0 saturated carbocycles. The first kappa shape index (κ1) is 22.0. The zero-order valence-electron chi connectivity index (χ0n) is 14.6. The Hall–Kier alpha value is -1.05. The minimum Gasteiger partial charge on any atom is -0.872 e. The SMILES string of the molecule is CCCCCCc1c([O-])cccc1Oc1ccc(S(=O)(=O)O)cc1.[Na+]. The molecule has 1 N–H and O–H groups in total. The molecular weight excluding hydrogens is 351 g/mol. The average molecular weight is 372 g/mol. The first-order valence-electron chi connectivity index (χ1n) is 7.96. The van der Waals surface area contributed by atoms with E-state index >= 15 is 0 Å². The van der Waals surface area contributed by atoms with Crippen LogP contribution in [0.4, 0.5) is 0 Å². The standard InChI is InChI=1S/C18H22O5S.Na/c1-2-3-4-5-7-16-17(19)8-6-9-18(16)23-14-10-12-15(13-11-14)24(20,21)22;/h6,8-13,19H,2-5,7H2,1H3,(H,20,21,22);/q;+1/p-1. The molecule has 2 rings (SSSR count). The summed E-state index contributed by atoms with van der Waals surface area (Å²) in [6.45, 7) is 2.13. The number of rotatable bonds is 8. The van der Waals surface area contributed by atoms with Crippen molar-refractivity contribution in [2.75, 3.05) is 0 Å². The van der Waals surface area contributed by atoms with E-state index < -0.39 is 10.1 Å². The van der Waals surface area contributed by atoms with E-state index in [2.05, 4.69) is 6.92 Å². The van der Waals surface area contributed by atoms with Crippen LogP contribution in [0.2, 0.25) is 0 Å². The second kappa shape index (κ2) is 10.2. The molecule has 0 aromatic heterocycles. The van der Waals surface area contributed by atoms with Gasteiger partial charge in [-0.2, -0.15) is 8.42 Å². The predicted molar refractivity (Wildman–Crippen MR) is 90.1 cm³/mol. The molecule has 0 fully saturated rings. The monoisotopic (exact) mass is 372 g/mol. The molecule has 0 atom stereocenters. The quantitative estimate of drug-likeness (QED) is 0.423. The maximum absolute atomic E-state index is 12.1. The Morgan fingerprint density at radius 1 is 1.04 bits per heavy atom. The predicted octanol–water partition coefficient (Wildman–Crippen LogP) is 0.926. The summed E-state index contributed by atoms with van der Waals surface area (Å²) in [4.78, 5) is -0.202. The molecule has 0 aliphatic carbocycles. The van der Waals surface area contributed by atoms with Crippen molar-refractivity contribution >= 4 is 10.1 Å². The summed E-state index contributed by atoms with van der Waals surface area (Å²) in [7, 11) is -4.23. The average Bonchev–Trinajstić information content (AvgIpc) is 2.53. The number of ether oxygens (including phenoxy) is 1. The van der Waals surface area contributed by atoms with E-state index in [0.717, 1.165) is 25.7 Å². The van der Waals surface area contributed by atoms with Gasteiger partial charge in [-0.15, -0.1) is 5.75 Å². The molecule has 0 heterocycles. The van der Waals surface area contributed by atoms with E-state index in [1.54, 1.807) is 12.1 Å². The van der Waals surface area contributed by atoms with Crippen LogP contribution in [-0.4, -0.2) is 13.0 Å². The molecule has 0 amide bonds. The van der Waals surface area contributed by atoms with Gasteiger partial charge in [-0.1, -0.05) is 38.3 Å². The van der Waals surface area contributed by atoms with E-state index in [4.69, 9.17) is 9.29 Å². The maximum Gasteiger partial charge on any atom is 1.00 e. The van der Waals surface area contributed by atoms with Crippen LogP contribution in [0.1, 0.15) is 38.2 Å². The minimum absolute atomic E-state index is 0. The molecule has 130 valence electrons. The first-order valence-corrected chi connectivity index (χ1v) is 9.40. The topological polar surface area (TPSA) is 86.7 Å². The van der Waals surface area contributed by atoms with Crippen molar-refractivity contribution in [2.45, 2.75) is 43.9 Å². The van der Waals surface area contributed by atoms with E-state index in [1.807, 2.05) is 0 Å². The van der Waals surface area contributed by atoms with E-state index in [-0.39, 0.29) is 40.2 Å². The Balaban J connectivity index is 0.00000312. The molecule has 0 aliphatic rings. The molecule has 0 bridgehead atoms. The van der Waals surface area contributed by atoms with Crippen LogP contribution in [-0.2, 0) is 16.5 Å². The van der Waals surface area contributed by atoms with Gasteiger partial charge in [0, 0.05) is 0 Å². The fourth-order valence-electron chi connectivity index (χ4n) is 2.42. The van der Waals surface area contributed by atoms with Crippen LogP contribution < -0.4 is 39.4 Å². The fraction of sp³-hybridized carbons (Fsp3) is 0.333. The molecule has 0 radical (unpaired) electrons. The van der Waals surface area contributed by atoms with Crippen LogP contribution in [0.15, 0.2) is 47.4 Å². The summed E-state index contributed by atoms with van der Waals surface area (Å²) >= 11 is 0. The molecule has 0 unspecified atom stereocenters. The third-order valence-electron chi connectivity index (χ3n) is 3.72. The van der Waals surface area contributed by atoms with E-state index in [0.29, 0.717) is 23.5 Å². The summed E-state index contributed by atoms with van der Waals surface area (Å²) in [6, 6.07) is 10.3. The molecule has 0 saturated heterocycles. The van der Waals surface area contributed by atoms with Crippen molar-refractivity contribution in [3.63, 3.8) is 0 Å². The molecule has 25 heavy (non-hydrogen) atoms. The van der Waals surface area contributed by atoms with Gasteiger partial charge in [0.05, 0.1) is 4.90 Å². The van der Waals surface area contributed by atoms with Gasteiger partial charge in [0.2, 0.25) is 0 Å². The third-order valence-corrected chi connectivity index (χ3v) is 4.59. The van der Waals surface area contributed by atoms with Crippen LogP contribution >= 0.6 is 0 Å². The van der Waals surface area contributed by atoms with Crippen molar-refractivity contribution < 1.29 is 52.4 Å². The second-order valence-electron chi connectivity index (χ2n) is 5.59. The number of hydrogen-bond donors (Lipinski definition) is 1. The normalized spacial score (nSPS) is 11.0. The summed E-state index contributed by atoms with van der Waals surface area (Å²) in [5, 5.41) is 12.1. The summed E-state index contributed by atoms with van der Waals surface area (Å²) in [5.41, 5.74) is 0.632. The Kier molecular flexibility index (Phi) is 8.96. The second-order valence-corrected chi connectivity index (χ2v) is 7.01. The van der Waals surface area contributed by atoms with Crippen LogP contribution in [0.3, 0.4) is 0 Å². The fourth-order valence-corrected chi connectivity index (χ4v) is 2.90. The molecule has 0 aliphatic heterocycles. The third kappa shape index (κ3) is 6.64. The summed E-state index contributed by atoms with van der Waals surface area (Å²) in [6.07, 6.45) is 4.90. The van der Waals surface area contributed by atoms with Gasteiger partial charge < -0.3 is 9.84 Å². The van der Waals surface area contributed by atoms with Crippen LogP contribution in [0.25, 0.3) is 0 Å². The van der Waals surface area contributed by atoms with Crippen molar-refractivity contribution in [1.29, 1.82) is 0 Å². The van der Waals surface area contributed by atoms with Gasteiger partial charge in [-0.3, -0.25) is 4.55 Å². The molecule has 5 nitrogen and oxygen atoms in total. The maximum atomic E-state index is 12.1. The van der Waals surface area contributed by atoms with Crippen molar-refractivity contribution in [2.24, 2.45) is 0 Å². The molecule has 0 spiro atoms. The van der Waals surface area contributed by atoms with Gasteiger partial charge in [-0.25, -0.2) is 0 Å². The Bertz CT molecular complexity index is 773. The van der Waals surface area contributed by atoms with Gasteiger partial charge in [0.15, 0.2) is 0 Å².